The van der Waals surface area contributed by atoms with Crippen molar-refractivity contribution in [3.05, 3.63) is 12.2 Å². The molecule has 2 bridgehead atoms. The van der Waals surface area contributed by atoms with E-state index in [0.29, 0.717) is 0 Å². The number of rotatable bonds is 13. The fourth-order valence-corrected chi connectivity index (χ4v) is 6.01. The molecule has 2 rings (SSSR count). The van der Waals surface area contributed by atoms with Crippen molar-refractivity contribution in [1.29, 1.82) is 0 Å². The van der Waals surface area contributed by atoms with Crippen molar-refractivity contribution in [2.24, 2.45) is 11.8 Å². The highest BCUT2D eigenvalue weighted by Gasteiger charge is 2.47. The molecule has 1 N–H and O–H groups in total. The van der Waals surface area contributed by atoms with Gasteiger partial charge in [0.2, 0.25) is 0 Å². The average molecular weight is 355 g/mol. The summed E-state index contributed by atoms with van der Waals surface area (Å²) in [4.78, 5) is 10.5. The second kappa shape index (κ2) is 11.2. The van der Waals surface area contributed by atoms with E-state index in [0.717, 1.165) is 54.8 Å². The fraction of sp³-hybridized carbons (Fsp3) is 0.850. The van der Waals surface area contributed by atoms with Gasteiger partial charge in [-0.25, -0.2) is 0 Å². The van der Waals surface area contributed by atoms with Crippen LogP contribution in [-0.2, 0) is 9.53 Å². The second-order valence-electron chi connectivity index (χ2n) is 7.25. The molecule has 2 saturated heterocycles. The van der Waals surface area contributed by atoms with Gasteiger partial charge in [-0.05, 0) is 50.4 Å². The van der Waals surface area contributed by atoms with E-state index in [1.165, 1.54) is 38.5 Å². The van der Waals surface area contributed by atoms with Crippen LogP contribution in [0.4, 0.5) is 0 Å². The molecule has 4 heteroatoms. The zero-order valence-electron chi connectivity index (χ0n) is 15.1. The predicted octanol–water partition coefficient (Wildman–Crippen LogP) is 5.29. The molecule has 2 heterocycles. The minimum atomic E-state index is -0.691. The summed E-state index contributed by atoms with van der Waals surface area (Å²) in [7, 11) is 0. The molecule has 0 saturated carbocycles. The lowest BCUT2D eigenvalue weighted by atomic mass is 9.78. The number of thioether (sulfide) groups is 1. The normalized spacial score (nSPS) is 28.9. The summed E-state index contributed by atoms with van der Waals surface area (Å²) in [5.41, 5.74) is 0. The Balaban J connectivity index is 1.65. The van der Waals surface area contributed by atoms with Gasteiger partial charge in [0.05, 0.1) is 6.61 Å². The van der Waals surface area contributed by atoms with E-state index < -0.39 is 5.97 Å². The first-order valence-corrected chi connectivity index (χ1v) is 10.8. The first-order valence-electron chi connectivity index (χ1n) is 9.82. The number of carbonyl (C=O) groups is 1. The summed E-state index contributed by atoms with van der Waals surface area (Å²) in [6.07, 6.45) is 15.4. The van der Waals surface area contributed by atoms with E-state index in [1.807, 2.05) is 0 Å². The van der Waals surface area contributed by atoms with Crippen molar-refractivity contribution in [3.8, 4) is 0 Å². The number of fused-ring (bicyclic) bond motifs is 2. The van der Waals surface area contributed by atoms with E-state index >= 15 is 0 Å². The van der Waals surface area contributed by atoms with Gasteiger partial charge >= 0.3 is 5.97 Å². The SMILES string of the molecule is CCCCCCOC[C@H]1[C@@H](C/C=C\CCCC(=O)O)[C@H]2CC[C@@H]1S2. The first-order chi connectivity index (χ1) is 11.7. The number of ether oxygens (including phenoxy) is 1. The molecule has 0 radical (unpaired) electrons. The van der Waals surface area contributed by atoms with Gasteiger partial charge in [0, 0.05) is 23.5 Å². The molecule has 3 nitrogen and oxygen atoms in total. The van der Waals surface area contributed by atoms with Gasteiger partial charge in [0.15, 0.2) is 0 Å². The van der Waals surface area contributed by atoms with Gasteiger partial charge in [-0.3, -0.25) is 4.79 Å². The molecule has 0 aliphatic carbocycles. The van der Waals surface area contributed by atoms with E-state index in [1.54, 1.807) is 0 Å². The lowest BCUT2D eigenvalue weighted by Crippen LogP contribution is -2.30. The minimum absolute atomic E-state index is 0.281. The molecule has 0 aromatic carbocycles. The maximum Gasteiger partial charge on any atom is 0.303 e. The summed E-state index contributed by atoms with van der Waals surface area (Å²) >= 11 is 2.20. The summed E-state index contributed by atoms with van der Waals surface area (Å²) in [6, 6.07) is 0. The number of carboxylic acids is 1. The third kappa shape index (κ3) is 6.44. The number of carboxylic acid groups (broad SMARTS) is 1. The number of hydrogen-bond acceptors (Lipinski definition) is 3. The van der Waals surface area contributed by atoms with Crippen LogP contribution in [0.1, 0.15) is 71.1 Å². The number of allylic oxidation sites excluding steroid dienone is 2. The van der Waals surface area contributed by atoms with Crippen LogP contribution in [0.25, 0.3) is 0 Å². The highest BCUT2D eigenvalue weighted by molar-refractivity contribution is 8.01. The Hall–Kier alpha value is -0.480. The number of aliphatic carboxylic acids is 1. The van der Waals surface area contributed by atoms with Gasteiger partial charge in [0.25, 0.3) is 0 Å². The zero-order chi connectivity index (χ0) is 17.2. The van der Waals surface area contributed by atoms with Crippen LogP contribution in [-0.4, -0.2) is 34.8 Å². The van der Waals surface area contributed by atoms with Gasteiger partial charge in [0.1, 0.15) is 0 Å². The Morgan fingerprint density at radius 3 is 2.67 bits per heavy atom. The number of unbranched alkanes of at least 4 members (excludes halogenated alkanes) is 4. The van der Waals surface area contributed by atoms with Crippen LogP contribution in [0.15, 0.2) is 12.2 Å². The molecule has 0 aromatic heterocycles. The van der Waals surface area contributed by atoms with Crippen LogP contribution >= 0.6 is 11.8 Å². The van der Waals surface area contributed by atoms with Crippen molar-refractivity contribution >= 4 is 17.7 Å². The van der Waals surface area contributed by atoms with Crippen LogP contribution in [0.2, 0.25) is 0 Å². The van der Waals surface area contributed by atoms with Gasteiger partial charge < -0.3 is 9.84 Å². The largest absolute Gasteiger partial charge is 0.481 e. The molecule has 2 fully saturated rings. The fourth-order valence-electron chi connectivity index (χ4n) is 4.02. The monoisotopic (exact) mass is 354 g/mol. The highest BCUT2D eigenvalue weighted by Crippen LogP contribution is 2.54. The maximum absolute atomic E-state index is 10.5. The second-order valence-corrected chi connectivity index (χ2v) is 8.73. The Bertz CT molecular complexity index is 396. The topological polar surface area (TPSA) is 46.5 Å². The molecule has 2 aliphatic heterocycles. The highest BCUT2D eigenvalue weighted by atomic mass is 32.2. The summed E-state index contributed by atoms with van der Waals surface area (Å²) in [5.74, 6) is 0.799. The molecule has 0 unspecified atom stereocenters. The van der Waals surface area contributed by atoms with Crippen LogP contribution in [0, 0.1) is 11.8 Å². The Morgan fingerprint density at radius 2 is 1.92 bits per heavy atom. The van der Waals surface area contributed by atoms with Crippen molar-refractivity contribution < 1.29 is 14.6 Å². The molecular formula is C20H34O3S. The van der Waals surface area contributed by atoms with Crippen molar-refractivity contribution in [3.63, 3.8) is 0 Å². The zero-order valence-corrected chi connectivity index (χ0v) is 15.9. The Morgan fingerprint density at radius 1 is 1.12 bits per heavy atom. The molecule has 0 aromatic rings. The summed E-state index contributed by atoms with van der Waals surface area (Å²) in [5, 5.41) is 10.3. The van der Waals surface area contributed by atoms with Crippen molar-refractivity contribution in [1.82, 2.24) is 0 Å². The van der Waals surface area contributed by atoms with Crippen LogP contribution in [0.3, 0.4) is 0 Å². The smallest absolute Gasteiger partial charge is 0.303 e. The molecule has 138 valence electrons. The Kier molecular flexibility index (Phi) is 9.26. The molecule has 24 heavy (non-hydrogen) atoms. The van der Waals surface area contributed by atoms with E-state index in [9.17, 15) is 4.79 Å². The quantitative estimate of drug-likeness (QED) is 0.360. The van der Waals surface area contributed by atoms with E-state index in [-0.39, 0.29) is 6.42 Å². The predicted molar refractivity (Wildman–Crippen MR) is 102 cm³/mol. The van der Waals surface area contributed by atoms with Crippen molar-refractivity contribution in [2.75, 3.05) is 13.2 Å². The van der Waals surface area contributed by atoms with Gasteiger partial charge in [-0.15, -0.1) is 0 Å². The minimum Gasteiger partial charge on any atom is -0.481 e. The lowest BCUT2D eigenvalue weighted by Gasteiger charge is -2.29. The van der Waals surface area contributed by atoms with Gasteiger partial charge in [-0.1, -0.05) is 38.3 Å². The van der Waals surface area contributed by atoms with Gasteiger partial charge in [-0.2, -0.15) is 11.8 Å². The molecular weight excluding hydrogens is 320 g/mol. The average Bonchev–Trinajstić information content (AvgIpc) is 3.15. The first kappa shape index (κ1) is 19.8. The summed E-state index contributed by atoms with van der Waals surface area (Å²) in [6.45, 7) is 4.11. The van der Waals surface area contributed by atoms with E-state index in [4.69, 9.17) is 9.84 Å². The van der Waals surface area contributed by atoms with E-state index in [2.05, 4.69) is 30.8 Å². The summed E-state index contributed by atoms with van der Waals surface area (Å²) < 4.78 is 6.02. The van der Waals surface area contributed by atoms with Crippen LogP contribution < -0.4 is 0 Å². The van der Waals surface area contributed by atoms with Crippen molar-refractivity contribution in [2.45, 2.75) is 81.6 Å². The molecule has 0 amide bonds. The third-order valence-corrected chi connectivity index (χ3v) is 7.25. The lowest BCUT2D eigenvalue weighted by molar-refractivity contribution is -0.137. The maximum atomic E-state index is 10.5. The molecule has 4 atom stereocenters. The number of hydrogen-bond donors (Lipinski definition) is 1. The van der Waals surface area contributed by atoms with Crippen LogP contribution in [0.5, 0.6) is 0 Å². The standard InChI is InChI=1S/C20H34O3S/c1-2-3-4-9-14-23-15-17-16(18-12-13-19(17)24-18)10-7-5-6-8-11-20(21)22/h5,7,16-19H,2-4,6,8-15H2,1H3,(H,21,22)/b7-5-/t16-,17+,18-,19+/m1/s1. The molecule has 2 aliphatic rings. The molecule has 0 spiro atoms. The third-order valence-electron chi connectivity index (χ3n) is 5.38. The Labute approximate surface area is 151 Å².